The summed E-state index contributed by atoms with van der Waals surface area (Å²) >= 11 is 11.5. The van der Waals surface area contributed by atoms with E-state index >= 15 is 0 Å². The largest absolute Gasteiger partial charge is 0.394 e. The van der Waals surface area contributed by atoms with Crippen molar-refractivity contribution in [3.8, 4) is 0 Å². The maximum atomic E-state index is 12.1. The Bertz CT molecular complexity index is 435. The lowest BCUT2D eigenvalue weighted by atomic mass is 10.0. The lowest BCUT2D eigenvalue weighted by Gasteiger charge is -2.34. The van der Waals surface area contributed by atoms with Crippen molar-refractivity contribution in [1.29, 1.82) is 0 Å². The molecular weight excluding hydrogens is 263 g/mol. The van der Waals surface area contributed by atoms with Gasteiger partial charge in [-0.15, -0.1) is 0 Å². The Balaban J connectivity index is 3.05. The van der Waals surface area contributed by atoms with Gasteiger partial charge in [0.05, 0.1) is 17.7 Å². The lowest BCUT2D eigenvalue weighted by molar-refractivity contribution is 0.0473. The van der Waals surface area contributed by atoms with Gasteiger partial charge in [-0.1, -0.05) is 23.2 Å². The smallest absolute Gasteiger partial charge is 0.257 e. The van der Waals surface area contributed by atoms with Crippen LogP contribution in [-0.2, 0) is 0 Å². The third-order valence-corrected chi connectivity index (χ3v) is 3.14. The summed E-state index contributed by atoms with van der Waals surface area (Å²) in [4.78, 5) is 17.4. The second-order valence-electron chi connectivity index (χ2n) is 4.31. The van der Waals surface area contributed by atoms with Crippen LogP contribution in [-0.4, -0.2) is 40.1 Å². The summed E-state index contributed by atoms with van der Waals surface area (Å²) < 4.78 is 0. The maximum absolute atomic E-state index is 12.1. The Hall–Kier alpha value is -0.840. The molecule has 4 nitrogen and oxygen atoms in total. The van der Waals surface area contributed by atoms with Crippen LogP contribution in [0.4, 0.5) is 0 Å². The zero-order valence-corrected chi connectivity index (χ0v) is 11.4. The molecule has 0 atom stereocenters. The van der Waals surface area contributed by atoms with Crippen LogP contribution in [0.25, 0.3) is 0 Å². The minimum Gasteiger partial charge on any atom is -0.394 e. The molecule has 1 rings (SSSR count). The average molecular weight is 277 g/mol. The van der Waals surface area contributed by atoms with Crippen LogP contribution in [0.2, 0.25) is 10.3 Å². The standard InChI is InChI=1S/C11H14Cl2N2O2/c1-11(2,6-16)15(3)10(17)7-4-5-8(12)14-9(7)13/h4-5,16H,6H2,1-3H3. The molecule has 0 unspecified atom stereocenters. The van der Waals surface area contributed by atoms with E-state index in [0.29, 0.717) is 0 Å². The van der Waals surface area contributed by atoms with Crippen LogP contribution >= 0.6 is 23.2 Å². The van der Waals surface area contributed by atoms with E-state index in [2.05, 4.69) is 4.98 Å². The number of hydrogen-bond acceptors (Lipinski definition) is 3. The number of carbonyl (C=O) groups is 1. The molecule has 0 radical (unpaired) electrons. The minimum atomic E-state index is -0.667. The highest BCUT2D eigenvalue weighted by Gasteiger charge is 2.28. The molecule has 0 aliphatic carbocycles. The van der Waals surface area contributed by atoms with Crippen LogP contribution in [0, 0.1) is 0 Å². The summed E-state index contributed by atoms with van der Waals surface area (Å²) in [5.74, 6) is -0.307. The zero-order valence-electron chi connectivity index (χ0n) is 9.87. The van der Waals surface area contributed by atoms with Crippen LogP contribution in [0.5, 0.6) is 0 Å². The molecule has 0 aliphatic heterocycles. The quantitative estimate of drug-likeness (QED) is 0.862. The molecule has 0 spiro atoms. The SMILES string of the molecule is CN(C(=O)c1ccc(Cl)nc1Cl)C(C)(C)CO. The molecule has 0 saturated carbocycles. The first kappa shape index (κ1) is 14.2. The van der Waals surface area contributed by atoms with Gasteiger partial charge >= 0.3 is 0 Å². The van der Waals surface area contributed by atoms with Gasteiger partial charge in [-0.3, -0.25) is 4.79 Å². The number of halogens is 2. The summed E-state index contributed by atoms with van der Waals surface area (Å²) in [6.07, 6.45) is 0. The average Bonchev–Trinajstić information content (AvgIpc) is 2.27. The van der Waals surface area contributed by atoms with E-state index in [9.17, 15) is 9.90 Å². The number of amides is 1. The summed E-state index contributed by atoms with van der Waals surface area (Å²) in [5, 5.41) is 9.50. The number of likely N-dealkylation sites (N-methyl/N-ethyl adjacent to an activating group) is 1. The maximum Gasteiger partial charge on any atom is 0.257 e. The first-order valence-corrected chi connectivity index (χ1v) is 5.76. The predicted octanol–water partition coefficient (Wildman–Crippen LogP) is 2.23. The van der Waals surface area contributed by atoms with Gasteiger partial charge in [-0.05, 0) is 26.0 Å². The topological polar surface area (TPSA) is 53.4 Å². The number of aromatic nitrogens is 1. The molecule has 1 aromatic rings. The van der Waals surface area contributed by atoms with Crippen molar-refractivity contribution in [2.45, 2.75) is 19.4 Å². The van der Waals surface area contributed by atoms with Crippen LogP contribution in [0.15, 0.2) is 12.1 Å². The highest BCUT2D eigenvalue weighted by atomic mass is 35.5. The van der Waals surface area contributed by atoms with Crippen molar-refractivity contribution in [3.63, 3.8) is 0 Å². The van der Waals surface area contributed by atoms with Gasteiger partial charge in [-0.2, -0.15) is 0 Å². The molecule has 6 heteroatoms. The van der Waals surface area contributed by atoms with E-state index in [4.69, 9.17) is 23.2 Å². The van der Waals surface area contributed by atoms with Crippen LogP contribution in [0.3, 0.4) is 0 Å². The van der Waals surface area contributed by atoms with Crippen molar-refractivity contribution in [2.75, 3.05) is 13.7 Å². The molecule has 17 heavy (non-hydrogen) atoms. The number of hydrogen-bond donors (Lipinski definition) is 1. The third-order valence-electron chi connectivity index (χ3n) is 2.64. The molecule has 1 aromatic heterocycles. The van der Waals surface area contributed by atoms with E-state index in [1.807, 2.05) is 0 Å². The first-order valence-electron chi connectivity index (χ1n) is 5.00. The van der Waals surface area contributed by atoms with E-state index in [0.717, 1.165) is 0 Å². The number of rotatable bonds is 3. The van der Waals surface area contributed by atoms with E-state index in [1.165, 1.54) is 17.0 Å². The summed E-state index contributed by atoms with van der Waals surface area (Å²) in [7, 11) is 1.60. The monoisotopic (exact) mass is 276 g/mol. The number of nitrogens with zero attached hydrogens (tertiary/aromatic N) is 2. The van der Waals surface area contributed by atoms with Crippen molar-refractivity contribution < 1.29 is 9.90 Å². The molecule has 0 aromatic carbocycles. The Morgan fingerprint density at radius 1 is 1.47 bits per heavy atom. The van der Waals surface area contributed by atoms with Crippen molar-refractivity contribution in [2.24, 2.45) is 0 Å². The van der Waals surface area contributed by atoms with Crippen molar-refractivity contribution in [3.05, 3.63) is 28.0 Å². The van der Waals surface area contributed by atoms with E-state index < -0.39 is 5.54 Å². The summed E-state index contributed by atoms with van der Waals surface area (Å²) in [5.41, 5.74) is -0.403. The Labute approximate surface area is 110 Å². The first-order chi connectivity index (χ1) is 7.79. The van der Waals surface area contributed by atoms with E-state index in [-0.39, 0.29) is 28.4 Å². The molecule has 0 bridgehead atoms. The molecule has 0 fully saturated rings. The van der Waals surface area contributed by atoms with Gasteiger partial charge in [0, 0.05) is 7.05 Å². The third kappa shape index (κ3) is 3.09. The summed E-state index contributed by atoms with van der Waals surface area (Å²) in [6.45, 7) is 3.36. The fourth-order valence-electron chi connectivity index (χ4n) is 1.13. The van der Waals surface area contributed by atoms with Gasteiger partial charge in [-0.25, -0.2) is 4.98 Å². The van der Waals surface area contributed by atoms with E-state index in [1.54, 1.807) is 20.9 Å². The molecule has 94 valence electrons. The molecular formula is C11H14Cl2N2O2. The molecule has 0 saturated heterocycles. The van der Waals surface area contributed by atoms with Crippen LogP contribution in [0.1, 0.15) is 24.2 Å². The Morgan fingerprint density at radius 2 is 2.06 bits per heavy atom. The highest BCUT2D eigenvalue weighted by molar-refractivity contribution is 6.34. The van der Waals surface area contributed by atoms with Gasteiger partial charge in [0.1, 0.15) is 10.3 Å². The van der Waals surface area contributed by atoms with Gasteiger partial charge < -0.3 is 10.0 Å². The number of pyridine rings is 1. The Kier molecular flexibility index (Phi) is 4.36. The van der Waals surface area contributed by atoms with Crippen LogP contribution < -0.4 is 0 Å². The fraction of sp³-hybridized carbons (Fsp3) is 0.455. The second kappa shape index (κ2) is 5.21. The lowest BCUT2D eigenvalue weighted by Crippen LogP contribution is -2.47. The van der Waals surface area contributed by atoms with Crippen molar-refractivity contribution >= 4 is 29.1 Å². The minimum absolute atomic E-state index is 0.0584. The number of carbonyl (C=O) groups excluding carboxylic acids is 1. The summed E-state index contributed by atoms with van der Waals surface area (Å²) in [6, 6.07) is 3.02. The number of aliphatic hydroxyl groups is 1. The number of aliphatic hydroxyl groups excluding tert-OH is 1. The van der Waals surface area contributed by atoms with Gasteiger partial charge in [0.15, 0.2) is 0 Å². The van der Waals surface area contributed by atoms with Gasteiger partial charge in [0.2, 0.25) is 0 Å². The fourth-order valence-corrected chi connectivity index (χ4v) is 1.56. The molecule has 1 amide bonds. The molecule has 0 aliphatic rings. The van der Waals surface area contributed by atoms with Gasteiger partial charge in [0.25, 0.3) is 5.91 Å². The second-order valence-corrected chi connectivity index (χ2v) is 5.05. The Morgan fingerprint density at radius 3 is 2.53 bits per heavy atom. The highest BCUT2D eigenvalue weighted by Crippen LogP contribution is 2.21. The predicted molar refractivity (Wildman–Crippen MR) is 67.5 cm³/mol. The normalized spacial score (nSPS) is 11.4. The molecule has 1 heterocycles. The zero-order chi connectivity index (χ0) is 13.2. The van der Waals surface area contributed by atoms with Crippen molar-refractivity contribution in [1.82, 2.24) is 9.88 Å². The molecule has 1 N–H and O–H groups in total.